The predicted molar refractivity (Wildman–Crippen MR) is 83.6 cm³/mol. The second-order valence-corrected chi connectivity index (χ2v) is 5.80. The molecule has 0 spiro atoms. The van der Waals surface area contributed by atoms with Gasteiger partial charge in [-0.25, -0.2) is 0 Å². The maximum absolute atomic E-state index is 6.11. The van der Waals surface area contributed by atoms with Crippen molar-refractivity contribution in [3.8, 4) is 11.5 Å². The molecule has 6 heteroatoms. The van der Waals surface area contributed by atoms with E-state index in [4.69, 9.17) is 45.3 Å². The topological polar surface area (TPSA) is 35.2 Å². The zero-order valence-electron chi connectivity index (χ0n) is 9.59. The van der Waals surface area contributed by atoms with Crippen LogP contribution in [0.25, 0.3) is 0 Å². The molecule has 0 aromatic heterocycles. The molecule has 2 aromatic carbocycles. The largest absolute Gasteiger partial charge is 0.455 e. The lowest BCUT2D eigenvalue weighted by atomic mass is 10.2. The van der Waals surface area contributed by atoms with E-state index in [1.54, 1.807) is 30.3 Å². The van der Waals surface area contributed by atoms with Crippen molar-refractivity contribution < 1.29 is 4.74 Å². The second-order valence-electron chi connectivity index (χ2n) is 3.72. The highest BCUT2D eigenvalue weighted by Gasteiger charge is 2.11. The minimum Gasteiger partial charge on any atom is -0.455 e. The molecule has 19 heavy (non-hydrogen) atoms. The molecule has 0 heterocycles. The molecule has 0 unspecified atom stereocenters. The Hall–Kier alpha value is -0.450. The van der Waals surface area contributed by atoms with Crippen molar-refractivity contribution in [3.05, 3.63) is 55.4 Å². The van der Waals surface area contributed by atoms with Crippen molar-refractivity contribution in [2.45, 2.75) is 6.54 Å². The van der Waals surface area contributed by atoms with E-state index in [1.807, 2.05) is 0 Å². The van der Waals surface area contributed by atoms with Crippen molar-refractivity contribution in [3.63, 3.8) is 0 Å². The Morgan fingerprint density at radius 3 is 2.42 bits per heavy atom. The summed E-state index contributed by atoms with van der Waals surface area (Å²) < 4.78 is 6.45. The SMILES string of the molecule is NCc1c(Cl)cccc1Oc1cc(Cl)c(Br)cc1Cl. The van der Waals surface area contributed by atoms with Gasteiger partial charge in [0.25, 0.3) is 0 Å². The zero-order chi connectivity index (χ0) is 14.0. The molecule has 0 amide bonds. The number of rotatable bonds is 3. The van der Waals surface area contributed by atoms with Crippen LogP contribution in [0.4, 0.5) is 0 Å². The molecule has 0 saturated heterocycles. The van der Waals surface area contributed by atoms with Gasteiger partial charge in [0.15, 0.2) is 0 Å². The quantitative estimate of drug-likeness (QED) is 0.696. The summed E-state index contributed by atoms with van der Waals surface area (Å²) in [6.07, 6.45) is 0. The third kappa shape index (κ3) is 3.36. The molecule has 0 fully saturated rings. The van der Waals surface area contributed by atoms with Gasteiger partial charge in [0.1, 0.15) is 11.5 Å². The van der Waals surface area contributed by atoms with E-state index in [-0.39, 0.29) is 6.54 Å². The van der Waals surface area contributed by atoms with Crippen molar-refractivity contribution >= 4 is 50.7 Å². The number of nitrogens with two attached hydrogens (primary N) is 1. The van der Waals surface area contributed by atoms with E-state index in [0.29, 0.717) is 31.0 Å². The number of ether oxygens (including phenoxy) is 1. The third-order valence-electron chi connectivity index (χ3n) is 2.47. The standard InChI is InChI=1S/C13H9BrCl3NO/c14-8-4-11(17)13(5-10(8)16)19-12-3-1-2-9(15)7(12)6-18/h1-5H,6,18H2. The van der Waals surface area contributed by atoms with Crippen molar-refractivity contribution in [1.82, 2.24) is 0 Å². The van der Waals surface area contributed by atoms with Crippen LogP contribution in [0.2, 0.25) is 15.1 Å². The van der Waals surface area contributed by atoms with Gasteiger partial charge in [0.05, 0.1) is 10.0 Å². The Bertz CT molecular complexity index is 619. The van der Waals surface area contributed by atoms with Crippen LogP contribution >= 0.6 is 50.7 Å². The lowest BCUT2D eigenvalue weighted by molar-refractivity contribution is 0.476. The maximum atomic E-state index is 6.11. The first-order valence-corrected chi connectivity index (χ1v) is 7.25. The number of halogens is 4. The Balaban J connectivity index is 2.42. The summed E-state index contributed by atoms with van der Waals surface area (Å²) in [5.41, 5.74) is 6.39. The van der Waals surface area contributed by atoms with Gasteiger partial charge < -0.3 is 10.5 Å². The fourth-order valence-electron chi connectivity index (χ4n) is 1.53. The summed E-state index contributed by atoms with van der Waals surface area (Å²) in [5.74, 6) is 1.02. The lowest BCUT2D eigenvalue weighted by Crippen LogP contribution is -2.00. The minimum atomic E-state index is 0.275. The van der Waals surface area contributed by atoms with E-state index < -0.39 is 0 Å². The summed E-state index contributed by atoms with van der Waals surface area (Å²) in [5, 5.41) is 1.51. The smallest absolute Gasteiger partial charge is 0.147 e. The van der Waals surface area contributed by atoms with Gasteiger partial charge in [-0.2, -0.15) is 0 Å². The molecule has 0 aliphatic rings. The molecular formula is C13H9BrCl3NO. The average Bonchev–Trinajstić information content (AvgIpc) is 2.36. The molecule has 0 saturated carbocycles. The summed E-state index contributed by atoms with van der Waals surface area (Å²) >= 11 is 21.5. The fourth-order valence-corrected chi connectivity index (χ4v) is 2.61. The number of hydrogen-bond donors (Lipinski definition) is 1. The van der Waals surface area contributed by atoms with Gasteiger partial charge >= 0.3 is 0 Å². The van der Waals surface area contributed by atoms with E-state index in [2.05, 4.69) is 15.9 Å². The fraction of sp³-hybridized carbons (Fsp3) is 0.0769. The summed E-state index contributed by atoms with van der Waals surface area (Å²) in [6, 6.07) is 8.62. The van der Waals surface area contributed by atoms with Gasteiger partial charge in [-0.05, 0) is 34.1 Å². The van der Waals surface area contributed by atoms with Crippen LogP contribution in [0.1, 0.15) is 5.56 Å². The lowest BCUT2D eigenvalue weighted by Gasteiger charge is -2.13. The van der Waals surface area contributed by atoms with Gasteiger partial charge in [0, 0.05) is 27.7 Å². The first kappa shape index (κ1) is 14.9. The highest BCUT2D eigenvalue weighted by Crippen LogP contribution is 2.38. The van der Waals surface area contributed by atoms with Crippen LogP contribution in [-0.2, 0) is 6.54 Å². The molecule has 2 nitrogen and oxygen atoms in total. The van der Waals surface area contributed by atoms with Crippen LogP contribution in [0, 0.1) is 0 Å². The second kappa shape index (κ2) is 6.33. The van der Waals surface area contributed by atoms with Crippen molar-refractivity contribution in [1.29, 1.82) is 0 Å². The van der Waals surface area contributed by atoms with Crippen LogP contribution in [0.5, 0.6) is 11.5 Å². The van der Waals surface area contributed by atoms with Gasteiger partial charge in [-0.15, -0.1) is 0 Å². The normalized spacial score (nSPS) is 10.6. The molecule has 100 valence electrons. The molecule has 0 bridgehead atoms. The molecule has 0 aliphatic heterocycles. The maximum Gasteiger partial charge on any atom is 0.147 e. The third-order valence-corrected chi connectivity index (χ3v) is 4.32. The highest BCUT2D eigenvalue weighted by atomic mass is 79.9. The Labute approximate surface area is 134 Å². The molecule has 0 aliphatic carbocycles. The van der Waals surface area contributed by atoms with E-state index in [1.165, 1.54) is 0 Å². The molecular weight excluding hydrogens is 372 g/mol. The van der Waals surface area contributed by atoms with Gasteiger partial charge in [-0.1, -0.05) is 40.9 Å². The van der Waals surface area contributed by atoms with Gasteiger partial charge in [-0.3, -0.25) is 0 Å². The summed E-state index contributed by atoms with van der Waals surface area (Å²) in [6.45, 7) is 0.275. The van der Waals surface area contributed by atoms with Crippen LogP contribution in [0.15, 0.2) is 34.8 Å². The molecule has 2 aromatic rings. The van der Waals surface area contributed by atoms with Crippen LogP contribution in [-0.4, -0.2) is 0 Å². The van der Waals surface area contributed by atoms with Crippen LogP contribution < -0.4 is 10.5 Å². The predicted octanol–water partition coefficient (Wildman–Crippen LogP) is 5.66. The first-order valence-electron chi connectivity index (χ1n) is 5.32. The van der Waals surface area contributed by atoms with E-state index in [0.717, 1.165) is 5.56 Å². The van der Waals surface area contributed by atoms with Crippen LogP contribution in [0.3, 0.4) is 0 Å². The first-order chi connectivity index (χ1) is 9.02. The number of benzene rings is 2. The van der Waals surface area contributed by atoms with Crippen molar-refractivity contribution in [2.24, 2.45) is 5.73 Å². The van der Waals surface area contributed by atoms with Gasteiger partial charge in [0.2, 0.25) is 0 Å². The van der Waals surface area contributed by atoms with E-state index in [9.17, 15) is 0 Å². The zero-order valence-corrected chi connectivity index (χ0v) is 13.4. The monoisotopic (exact) mass is 379 g/mol. The molecule has 2 rings (SSSR count). The minimum absolute atomic E-state index is 0.275. The molecule has 0 radical (unpaired) electrons. The average molecular weight is 381 g/mol. The Morgan fingerprint density at radius 2 is 1.74 bits per heavy atom. The Kier molecular flexibility index (Phi) is 4.98. The molecule has 2 N–H and O–H groups in total. The van der Waals surface area contributed by atoms with Crippen molar-refractivity contribution in [2.75, 3.05) is 0 Å². The highest BCUT2D eigenvalue weighted by molar-refractivity contribution is 9.10. The Morgan fingerprint density at radius 1 is 1.00 bits per heavy atom. The van der Waals surface area contributed by atoms with E-state index >= 15 is 0 Å². The summed E-state index contributed by atoms with van der Waals surface area (Å²) in [7, 11) is 0. The number of hydrogen-bond acceptors (Lipinski definition) is 2. The molecule has 0 atom stereocenters. The summed E-state index contributed by atoms with van der Waals surface area (Å²) in [4.78, 5) is 0.